The van der Waals surface area contributed by atoms with Crippen molar-refractivity contribution in [2.24, 2.45) is 0 Å². The third-order valence-corrected chi connectivity index (χ3v) is 1.16. The maximum Gasteiger partial charge on any atom is 0.431 e. The number of halogens is 3. The van der Waals surface area contributed by atoms with Crippen LogP contribution in [0.15, 0.2) is 11.8 Å². The van der Waals surface area contributed by atoms with Gasteiger partial charge in [0.15, 0.2) is 0 Å². The van der Waals surface area contributed by atoms with Crippen LogP contribution < -0.4 is 5.32 Å². The molecule has 0 unspecified atom stereocenters. The Hall–Kier alpha value is -1.53. The highest BCUT2D eigenvalue weighted by atomic mass is 19.4. The lowest BCUT2D eigenvalue weighted by Gasteiger charge is -2.11. The molecule has 0 aromatic rings. The quantitative estimate of drug-likeness (QED) is 0.578. The van der Waals surface area contributed by atoms with Crippen LogP contribution in [0.1, 0.15) is 13.8 Å². The van der Waals surface area contributed by atoms with Crippen LogP contribution in [0, 0.1) is 0 Å². The Bertz CT molecular complexity index is 283. The van der Waals surface area contributed by atoms with Gasteiger partial charge in [0.1, 0.15) is 5.70 Å². The second-order valence-electron chi connectivity index (χ2n) is 2.49. The Morgan fingerprint density at radius 2 is 1.93 bits per heavy atom. The summed E-state index contributed by atoms with van der Waals surface area (Å²) < 4.78 is 40.9. The number of ether oxygens (including phenoxy) is 1. The van der Waals surface area contributed by atoms with Crippen LogP contribution in [0.3, 0.4) is 0 Å². The van der Waals surface area contributed by atoms with Crippen molar-refractivity contribution in [3.05, 3.63) is 11.8 Å². The fourth-order valence-electron chi connectivity index (χ4n) is 0.680. The lowest BCUT2D eigenvalue weighted by molar-refractivity contribution is -0.138. The zero-order valence-corrected chi connectivity index (χ0v) is 8.14. The van der Waals surface area contributed by atoms with Crippen LogP contribution in [-0.2, 0) is 14.3 Å². The van der Waals surface area contributed by atoms with E-state index in [9.17, 15) is 22.8 Å². The van der Waals surface area contributed by atoms with Gasteiger partial charge in [-0.25, -0.2) is 4.79 Å². The third kappa shape index (κ3) is 5.71. The Kier molecular flexibility index (Phi) is 4.83. The summed E-state index contributed by atoms with van der Waals surface area (Å²) in [5.41, 5.74) is -1.44. The van der Waals surface area contributed by atoms with Gasteiger partial charge in [-0.15, -0.1) is 0 Å². The molecule has 4 nitrogen and oxygen atoms in total. The molecule has 0 atom stereocenters. The third-order valence-electron chi connectivity index (χ3n) is 1.16. The van der Waals surface area contributed by atoms with E-state index in [4.69, 9.17) is 0 Å². The summed E-state index contributed by atoms with van der Waals surface area (Å²) in [6.45, 7) is 2.32. The monoisotopic (exact) mass is 225 g/mol. The topological polar surface area (TPSA) is 55.4 Å². The number of allylic oxidation sites excluding steroid dienone is 1. The molecule has 7 heteroatoms. The van der Waals surface area contributed by atoms with E-state index in [0.717, 1.165) is 6.92 Å². The van der Waals surface area contributed by atoms with Gasteiger partial charge in [-0.05, 0) is 6.92 Å². The summed E-state index contributed by atoms with van der Waals surface area (Å²) in [4.78, 5) is 21.2. The van der Waals surface area contributed by atoms with E-state index in [1.54, 1.807) is 0 Å². The van der Waals surface area contributed by atoms with E-state index >= 15 is 0 Å². The Morgan fingerprint density at radius 3 is 2.27 bits per heavy atom. The summed E-state index contributed by atoms with van der Waals surface area (Å²) in [5, 5.41) is 1.51. The van der Waals surface area contributed by atoms with Gasteiger partial charge >= 0.3 is 12.1 Å². The number of hydrogen-bond acceptors (Lipinski definition) is 3. The molecule has 0 saturated carbocycles. The van der Waals surface area contributed by atoms with Gasteiger partial charge in [-0.2, -0.15) is 13.2 Å². The first-order valence-electron chi connectivity index (χ1n) is 4.00. The lowest BCUT2D eigenvalue weighted by Crippen LogP contribution is -2.30. The van der Waals surface area contributed by atoms with Gasteiger partial charge in [0, 0.05) is 6.92 Å². The number of esters is 1. The normalized spacial score (nSPS) is 12.2. The number of nitrogens with one attached hydrogen (secondary N) is 1. The molecule has 0 aromatic carbocycles. The van der Waals surface area contributed by atoms with Crippen LogP contribution >= 0.6 is 0 Å². The fourth-order valence-corrected chi connectivity index (χ4v) is 0.680. The van der Waals surface area contributed by atoms with E-state index < -0.39 is 23.7 Å². The molecule has 0 aromatic heterocycles. The van der Waals surface area contributed by atoms with E-state index in [1.165, 1.54) is 12.2 Å². The van der Waals surface area contributed by atoms with E-state index in [-0.39, 0.29) is 12.7 Å². The number of hydrogen-bond donors (Lipinski definition) is 1. The minimum atomic E-state index is -4.79. The Balaban J connectivity index is 4.77. The first-order chi connectivity index (χ1) is 6.77. The minimum absolute atomic E-state index is 0.0411. The summed E-state index contributed by atoms with van der Waals surface area (Å²) in [6, 6.07) is 0. The number of rotatable bonds is 3. The van der Waals surface area contributed by atoms with Crippen molar-refractivity contribution in [3.8, 4) is 0 Å². The maximum absolute atomic E-state index is 12.2. The number of carbonyl (C=O) groups is 2. The molecule has 0 heterocycles. The smallest absolute Gasteiger partial charge is 0.431 e. The Labute approximate surface area is 84.1 Å². The molecule has 0 fully saturated rings. The van der Waals surface area contributed by atoms with Crippen molar-refractivity contribution >= 4 is 11.9 Å². The van der Waals surface area contributed by atoms with Crippen molar-refractivity contribution in [1.82, 2.24) is 5.32 Å². The van der Waals surface area contributed by atoms with Crippen molar-refractivity contribution in [2.45, 2.75) is 20.0 Å². The largest absolute Gasteiger partial charge is 0.463 e. The average Bonchev–Trinajstić information content (AvgIpc) is 2.00. The van der Waals surface area contributed by atoms with Crippen molar-refractivity contribution in [2.75, 3.05) is 6.61 Å². The summed E-state index contributed by atoms with van der Waals surface area (Å²) >= 11 is 0. The zero-order chi connectivity index (χ0) is 12.1. The van der Waals surface area contributed by atoms with Gasteiger partial charge in [0.05, 0.1) is 12.7 Å². The predicted molar refractivity (Wildman–Crippen MR) is 44.6 cm³/mol. The summed E-state index contributed by atoms with van der Waals surface area (Å²) in [7, 11) is 0. The maximum atomic E-state index is 12.2. The number of amides is 1. The predicted octanol–water partition coefficient (Wildman–Crippen LogP) is 1.13. The van der Waals surface area contributed by atoms with Crippen LogP contribution in [0.5, 0.6) is 0 Å². The van der Waals surface area contributed by atoms with Gasteiger partial charge < -0.3 is 10.1 Å². The second-order valence-corrected chi connectivity index (χ2v) is 2.49. The molecule has 0 bridgehead atoms. The van der Waals surface area contributed by atoms with Crippen LogP contribution in [-0.4, -0.2) is 24.7 Å². The highest BCUT2D eigenvalue weighted by Gasteiger charge is 2.35. The summed E-state index contributed by atoms with van der Waals surface area (Å²) in [5.74, 6) is -2.07. The van der Waals surface area contributed by atoms with Crippen molar-refractivity contribution < 1.29 is 27.5 Å². The van der Waals surface area contributed by atoms with E-state index in [0.29, 0.717) is 0 Å². The van der Waals surface area contributed by atoms with Crippen LogP contribution in [0.25, 0.3) is 0 Å². The number of carbonyl (C=O) groups excluding carboxylic acids is 2. The van der Waals surface area contributed by atoms with Gasteiger partial charge in [-0.3, -0.25) is 4.79 Å². The molecular formula is C8H10F3NO3. The minimum Gasteiger partial charge on any atom is -0.463 e. The lowest BCUT2D eigenvalue weighted by atomic mass is 10.3. The molecule has 0 aliphatic heterocycles. The molecule has 0 spiro atoms. The fraction of sp³-hybridized carbons (Fsp3) is 0.500. The molecular weight excluding hydrogens is 215 g/mol. The van der Waals surface area contributed by atoms with Gasteiger partial charge in [0.2, 0.25) is 5.91 Å². The average molecular weight is 225 g/mol. The van der Waals surface area contributed by atoms with Crippen molar-refractivity contribution in [3.63, 3.8) is 0 Å². The van der Waals surface area contributed by atoms with E-state index in [1.807, 2.05) is 0 Å². The molecule has 0 saturated heterocycles. The van der Waals surface area contributed by atoms with Gasteiger partial charge in [-0.1, -0.05) is 0 Å². The molecule has 1 amide bonds. The molecule has 0 aliphatic carbocycles. The molecule has 0 rings (SSSR count). The summed E-state index contributed by atoms with van der Waals surface area (Å²) in [6.07, 6.45) is -4.59. The van der Waals surface area contributed by atoms with Crippen LogP contribution in [0.4, 0.5) is 13.2 Å². The highest BCUT2D eigenvalue weighted by molar-refractivity contribution is 5.84. The SMILES string of the molecule is CCOC(=O)/C=C(\NC(C)=O)C(F)(F)F. The molecule has 1 N–H and O–H groups in total. The zero-order valence-electron chi connectivity index (χ0n) is 8.14. The van der Waals surface area contributed by atoms with Crippen LogP contribution in [0.2, 0.25) is 0 Å². The Morgan fingerprint density at radius 1 is 1.40 bits per heavy atom. The standard InChI is InChI=1S/C8H10F3NO3/c1-3-15-7(14)4-6(8(9,10)11)12-5(2)13/h4H,3H2,1-2H3,(H,12,13)/b6-4-. The van der Waals surface area contributed by atoms with Crippen molar-refractivity contribution in [1.29, 1.82) is 0 Å². The first kappa shape index (κ1) is 13.5. The second kappa shape index (κ2) is 5.38. The van der Waals surface area contributed by atoms with Gasteiger partial charge in [0.25, 0.3) is 0 Å². The molecule has 0 aliphatic rings. The molecule has 15 heavy (non-hydrogen) atoms. The molecule has 0 radical (unpaired) electrons. The highest BCUT2D eigenvalue weighted by Crippen LogP contribution is 2.23. The first-order valence-corrected chi connectivity index (χ1v) is 4.00. The number of alkyl halides is 3. The van der Waals surface area contributed by atoms with E-state index in [2.05, 4.69) is 4.74 Å². The molecule has 86 valence electrons.